The zero-order valence-corrected chi connectivity index (χ0v) is 11.7. The van der Waals surface area contributed by atoms with Gasteiger partial charge in [0.15, 0.2) is 5.65 Å². The van der Waals surface area contributed by atoms with Crippen LogP contribution in [-0.4, -0.2) is 69.1 Å². The van der Waals surface area contributed by atoms with Crippen LogP contribution in [0.15, 0.2) is 12.1 Å². The highest BCUT2D eigenvalue weighted by molar-refractivity contribution is 5.46. The minimum absolute atomic E-state index is 0.0648. The Morgan fingerprint density at radius 1 is 1.09 bits per heavy atom. The van der Waals surface area contributed by atoms with Gasteiger partial charge in [-0.2, -0.15) is 17.7 Å². The number of fused-ring (bicyclic) bond motifs is 1. The Balaban J connectivity index is 1.83. The summed E-state index contributed by atoms with van der Waals surface area (Å²) in [5.41, 5.74) is 0.0648. The summed E-state index contributed by atoms with van der Waals surface area (Å²) >= 11 is 0. The molecule has 0 atom stereocenters. The summed E-state index contributed by atoms with van der Waals surface area (Å²) in [5, 5.41) is 19.6. The van der Waals surface area contributed by atoms with E-state index in [1.165, 1.54) is 6.07 Å². The number of aliphatic hydroxyl groups excluding tert-OH is 1. The van der Waals surface area contributed by atoms with Gasteiger partial charge in [0.2, 0.25) is 0 Å². The maximum absolute atomic E-state index is 12.9. The zero-order valence-electron chi connectivity index (χ0n) is 11.7. The number of aliphatic hydroxyl groups is 1. The molecular formula is C12H15F3N6O. The van der Waals surface area contributed by atoms with Crippen molar-refractivity contribution < 1.29 is 18.3 Å². The Morgan fingerprint density at radius 3 is 2.45 bits per heavy atom. The van der Waals surface area contributed by atoms with Crippen LogP contribution in [0.25, 0.3) is 5.65 Å². The Labute approximate surface area is 124 Å². The van der Waals surface area contributed by atoms with E-state index in [4.69, 9.17) is 5.11 Å². The third kappa shape index (κ3) is 2.83. The summed E-state index contributed by atoms with van der Waals surface area (Å²) in [5.74, 6) is -0.662. The lowest BCUT2D eigenvalue weighted by atomic mass is 10.3. The minimum Gasteiger partial charge on any atom is -0.395 e. The van der Waals surface area contributed by atoms with Crippen molar-refractivity contribution >= 4 is 11.5 Å². The van der Waals surface area contributed by atoms with Crippen LogP contribution in [0.1, 0.15) is 5.82 Å². The van der Waals surface area contributed by atoms with Crippen LogP contribution in [0, 0.1) is 0 Å². The maximum atomic E-state index is 12.9. The maximum Gasteiger partial charge on any atom is 0.453 e. The second kappa shape index (κ2) is 5.69. The van der Waals surface area contributed by atoms with Crippen molar-refractivity contribution in [2.45, 2.75) is 6.18 Å². The van der Waals surface area contributed by atoms with E-state index in [1.807, 2.05) is 4.90 Å². The first-order chi connectivity index (χ1) is 10.5. The van der Waals surface area contributed by atoms with Gasteiger partial charge in [0, 0.05) is 32.7 Å². The monoisotopic (exact) mass is 316 g/mol. The number of hydrogen-bond donors (Lipinski definition) is 1. The third-order valence-electron chi connectivity index (χ3n) is 3.61. The molecule has 0 unspecified atom stereocenters. The molecule has 3 heterocycles. The number of aromatic nitrogens is 4. The first-order valence-electron chi connectivity index (χ1n) is 6.87. The molecule has 2 aromatic heterocycles. The van der Waals surface area contributed by atoms with E-state index >= 15 is 0 Å². The molecular weight excluding hydrogens is 301 g/mol. The van der Waals surface area contributed by atoms with Crippen LogP contribution >= 0.6 is 0 Å². The van der Waals surface area contributed by atoms with Crippen LogP contribution in [0.4, 0.5) is 19.0 Å². The fraction of sp³-hybridized carbons (Fsp3) is 0.583. The van der Waals surface area contributed by atoms with Gasteiger partial charge in [-0.05, 0) is 12.1 Å². The summed E-state index contributed by atoms with van der Waals surface area (Å²) in [6, 6.07) is 3.12. The van der Waals surface area contributed by atoms with E-state index in [0.717, 1.165) is 17.6 Å². The topological polar surface area (TPSA) is 69.8 Å². The van der Waals surface area contributed by atoms with E-state index in [9.17, 15) is 13.2 Å². The van der Waals surface area contributed by atoms with Crippen LogP contribution in [0.3, 0.4) is 0 Å². The number of piperazine rings is 1. The molecule has 0 radical (unpaired) electrons. The van der Waals surface area contributed by atoms with Gasteiger partial charge >= 0.3 is 6.18 Å². The molecule has 1 fully saturated rings. The molecule has 1 aliphatic rings. The van der Waals surface area contributed by atoms with E-state index in [0.29, 0.717) is 25.5 Å². The van der Waals surface area contributed by atoms with E-state index in [2.05, 4.69) is 20.2 Å². The van der Waals surface area contributed by atoms with Gasteiger partial charge in [-0.3, -0.25) is 4.90 Å². The molecule has 10 heteroatoms. The molecule has 1 N–H and O–H groups in total. The number of β-amino-alcohol motifs (C(OH)–C–C–N with tert-alkyl or cyclic N) is 1. The van der Waals surface area contributed by atoms with Crippen molar-refractivity contribution in [3.63, 3.8) is 0 Å². The van der Waals surface area contributed by atoms with Crippen LogP contribution in [0.2, 0.25) is 0 Å². The smallest absolute Gasteiger partial charge is 0.395 e. The van der Waals surface area contributed by atoms with E-state index in [-0.39, 0.29) is 12.3 Å². The van der Waals surface area contributed by atoms with Crippen molar-refractivity contribution in [3.8, 4) is 0 Å². The second-order valence-electron chi connectivity index (χ2n) is 5.04. The molecule has 3 rings (SSSR count). The van der Waals surface area contributed by atoms with Gasteiger partial charge in [-0.1, -0.05) is 0 Å². The van der Waals surface area contributed by atoms with Gasteiger partial charge in [0.1, 0.15) is 5.82 Å². The van der Waals surface area contributed by atoms with Gasteiger partial charge in [0.05, 0.1) is 6.61 Å². The molecule has 1 aliphatic heterocycles. The quantitative estimate of drug-likeness (QED) is 0.876. The van der Waals surface area contributed by atoms with Crippen LogP contribution < -0.4 is 4.90 Å². The van der Waals surface area contributed by atoms with Gasteiger partial charge in [-0.15, -0.1) is 15.3 Å². The SMILES string of the molecule is OCCN1CCN(c2ccc3nnc(C(F)(F)F)n3n2)CC1. The zero-order chi connectivity index (χ0) is 15.7. The summed E-state index contributed by atoms with van der Waals surface area (Å²) in [7, 11) is 0. The highest BCUT2D eigenvalue weighted by Gasteiger charge is 2.37. The van der Waals surface area contributed by atoms with Crippen molar-refractivity contribution in [2.75, 3.05) is 44.2 Å². The molecule has 120 valence electrons. The summed E-state index contributed by atoms with van der Waals surface area (Å²) in [6.07, 6.45) is -4.59. The number of halogens is 3. The Hall–Kier alpha value is -1.94. The fourth-order valence-corrected chi connectivity index (χ4v) is 2.47. The fourth-order valence-electron chi connectivity index (χ4n) is 2.47. The van der Waals surface area contributed by atoms with Crippen LogP contribution in [0.5, 0.6) is 0 Å². The molecule has 0 amide bonds. The number of alkyl halides is 3. The van der Waals surface area contributed by atoms with Crippen molar-refractivity contribution in [1.29, 1.82) is 0 Å². The normalized spacial score (nSPS) is 17.4. The lowest BCUT2D eigenvalue weighted by molar-refractivity contribution is -0.146. The highest BCUT2D eigenvalue weighted by atomic mass is 19.4. The van der Waals surface area contributed by atoms with Gasteiger partial charge in [0.25, 0.3) is 5.82 Å². The number of nitrogens with zero attached hydrogens (tertiary/aromatic N) is 6. The van der Waals surface area contributed by atoms with Crippen molar-refractivity contribution in [1.82, 2.24) is 24.7 Å². The predicted octanol–water partition coefficient (Wildman–Crippen LogP) is 0.257. The Bertz CT molecular complexity index is 650. The average Bonchev–Trinajstić information content (AvgIpc) is 2.91. The first kappa shape index (κ1) is 15.0. The van der Waals surface area contributed by atoms with Crippen LogP contribution in [-0.2, 0) is 6.18 Å². The first-order valence-corrected chi connectivity index (χ1v) is 6.87. The number of rotatable bonds is 3. The lowest BCUT2D eigenvalue weighted by Crippen LogP contribution is -2.47. The van der Waals surface area contributed by atoms with Crippen molar-refractivity contribution in [2.24, 2.45) is 0 Å². The average molecular weight is 316 g/mol. The number of hydrogen-bond acceptors (Lipinski definition) is 6. The molecule has 2 aromatic rings. The molecule has 0 aliphatic carbocycles. The summed E-state index contributed by atoms with van der Waals surface area (Å²) in [4.78, 5) is 4.00. The van der Waals surface area contributed by atoms with Gasteiger partial charge < -0.3 is 10.0 Å². The second-order valence-corrected chi connectivity index (χ2v) is 5.04. The molecule has 0 aromatic carbocycles. The third-order valence-corrected chi connectivity index (χ3v) is 3.61. The number of anilines is 1. The Morgan fingerprint density at radius 2 is 1.82 bits per heavy atom. The molecule has 0 saturated carbocycles. The Kier molecular flexibility index (Phi) is 3.87. The van der Waals surface area contributed by atoms with E-state index in [1.54, 1.807) is 6.07 Å². The molecule has 22 heavy (non-hydrogen) atoms. The molecule has 0 spiro atoms. The predicted molar refractivity (Wildman–Crippen MR) is 71.5 cm³/mol. The summed E-state index contributed by atoms with van der Waals surface area (Å²) < 4.78 is 39.3. The molecule has 7 nitrogen and oxygen atoms in total. The molecule has 0 bridgehead atoms. The van der Waals surface area contributed by atoms with Crippen molar-refractivity contribution in [3.05, 3.63) is 18.0 Å². The lowest BCUT2D eigenvalue weighted by Gasteiger charge is -2.34. The van der Waals surface area contributed by atoms with Gasteiger partial charge in [-0.25, -0.2) is 0 Å². The van der Waals surface area contributed by atoms with E-state index < -0.39 is 12.0 Å². The standard InChI is InChI=1S/C12H15F3N6O/c13-12(14,15)11-17-16-9-1-2-10(18-21(9)11)20-5-3-19(4-6-20)7-8-22/h1-2,22H,3-8H2. The molecule has 1 saturated heterocycles. The highest BCUT2D eigenvalue weighted by Crippen LogP contribution is 2.28. The minimum atomic E-state index is -4.59. The summed E-state index contributed by atoms with van der Waals surface area (Å²) in [6.45, 7) is 3.44. The largest absolute Gasteiger partial charge is 0.453 e.